The number of thiophene rings is 1. The fourth-order valence-electron chi connectivity index (χ4n) is 2.29. The number of aliphatic imine (C=N–C) groups is 1. The van der Waals surface area contributed by atoms with Gasteiger partial charge in [-0.25, -0.2) is 4.99 Å². The fourth-order valence-corrected chi connectivity index (χ4v) is 3.12. The maximum Gasteiger partial charge on any atom is 0.191 e. The first-order valence-electron chi connectivity index (χ1n) is 7.89. The second-order valence-electron chi connectivity index (χ2n) is 5.85. The minimum absolute atomic E-state index is 0. The molecule has 1 aliphatic carbocycles. The molecule has 1 fully saturated rings. The van der Waals surface area contributed by atoms with Crippen LogP contribution >= 0.6 is 35.3 Å². The number of nitrogens with zero attached hydrogens (tertiary/aromatic N) is 2. The molecule has 126 valence electrons. The van der Waals surface area contributed by atoms with Gasteiger partial charge in [-0.15, -0.1) is 35.3 Å². The number of nitrogens with one attached hydrogen (secondary N) is 2. The molecule has 0 spiro atoms. The van der Waals surface area contributed by atoms with Crippen molar-refractivity contribution in [2.24, 2.45) is 4.99 Å². The van der Waals surface area contributed by atoms with Crippen molar-refractivity contribution in [3.05, 3.63) is 21.9 Å². The molecule has 0 aromatic carbocycles. The molecule has 1 heterocycles. The number of rotatable bonds is 7. The standard InChI is InChI=1S/C16H28N4S.HI/c1-5-17-16(19-11-15-12(2)8-9-21-15)18-10-13(3)20(4)14-6-7-14;/h8-9,13-14H,5-7,10-11H2,1-4H3,(H2,17,18,19);1H. The van der Waals surface area contributed by atoms with Crippen LogP contribution in [0.15, 0.2) is 16.4 Å². The fraction of sp³-hybridized carbons (Fsp3) is 0.688. The Labute approximate surface area is 155 Å². The molecular weight excluding hydrogens is 407 g/mol. The van der Waals surface area contributed by atoms with Crippen molar-refractivity contribution in [2.45, 2.75) is 52.2 Å². The highest BCUT2D eigenvalue weighted by Crippen LogP contribution is 2.26. The van der Waals surface area contributed by atoms with Crippen LogP contribution in [0.5, 0.6) is 0 Å². The van der Waals surface area contributed by atoms with Crippen LogP contribution in [-0.4, -0.2) is 43.1 Å². The van der Waals surface area contributed by atoms with Gasteiger partial charge in [0.1, 0.15) is 0 Å². The molecule has 1 aromatic rings. The summed E-state index contributed by atoms with van der Waals surface area (Å²) in [7, 11) is 2.23. The smallest absolute Gasteiger partial charge is 0.191 e. The Morgan fingerprint density at radius 1 is 1.45 bits per heavy atom. The van der Waals surface area contributed by atoms with Crippen LogP contribution in [0, 0.1) is 6.92 Å². The third kappa shape index (κ3) is 6.04. The molecule has 0 radical (unpaired) electrons. The van der Waals surface area contributed by atoms with Gasteiger partial charge >= 0.3 is 0 Å². The van der Waals surface area contributed by atoms with Gasteiger partial charge in [0, 0.05) is 30.1 Å². The third-order valence-electron chi connectivity index (χ3n) is 4.08. The predicted octanol–water partition coefficient (Wildman–Crippen LogP) is 3.21. The largest absolute Gasteiger partial charge is 0.357 e. The van der Waals surface area contributed by atoms with Crippen LogP contribution in [0.4, 0.5) is 0 Å². The summed E-state index contributed by atoms with van der Waals surface area (Å²) >= 11 is 1.78. The Bertz CT molecular complexity index is 470. The highest BCUT2D eigenvalue weighted by molar-refractivity contribution is 14.0. The van der Waals surface area contributed by atoms with Gasteiger partial charge in [0.05, 0.1) is 6.54 Å². The molecule has 1 saturated carbocycles. The lowest BCUT2D eigenvalue weighted by atomic mass is 10.3. The number of aryl methyl sites for hydroxylation is 1. The van der Waals surface area contributed by atoms with Gasteiger partial charge in [-0.1, -0.05) is 0 Å². The first-order valence-corrected chi connectivity index (χ1v) is 8.76. The number of halogens is 1. The molecule has 0 aliphatic heterocycles. The van der Waals surface area contributed by atoms with E-state index in [0.717, 1.165) is 31.6 Å². The van der Waals surface area contributed by atoms with Crippen molar-refractivity contribution in [3.63, 3.8) is 0 Å². The molecule has 1 unspecified atom stereocenters. The molecule has 6 heteroatoms. The molecule has 1 atom stereocenters. The third-order valence-corrected chi connectivity index (χ3v) is 5.08. The van der Waals surface area contributed by atoms with Crippen molar-refractivity contribution >= 4 is 41.3 Å². The molecule has 0 amide bonds. The summed E-state index contributed by atoms with van der Waals surface area (Å²) in [5.74, 6) is 0.918. The van der Waals surface area contributed by atoms with Gasteiger partial charge < -0.3 is 10.6 Å². The Morgan fingerprint density at radius 3 is 2.73 bits per heavy atom. The van der Waals surface area contributed by atoms with E-state index in [1.807, 2.05) is 0 Å². The van der Waals surface area contributed by atoms with Crippen molar-refractivity contribution in [3.8, 4) is 0 Å². The number of hydrogen-bond donors (Lipinski definition) is 2. The lowest BCUT2D eigenvalue weighted by Gasteiger charge is -2.25. The summed E-state index contributed by atoms with van der Waals surface area (Å²) in [5.41, 5.74) is 1.33. The summed E-state index contributed by atoms with van der Waals surface area (Å²) in [4.78, 5) is 8.51. The molecule has 1 aliphatic rings. The molecule has 0 saturated heterocycles. The second-order valence-corrected chi connectivity index (χ2v) is 6.85. The zero-order valence-electron chi connectivity index (χ0n) is 14.1. The highest BCUT2D eigenvalue weighted by Gasteiger charge is 2.28. The van der Waals surface area contributed by atoms with Gasteiger partial charge in [0.15, 0.2) is 5.96 Å². The summed E-state index contributed by atoms with van der Waals surface area (Å²) in [6.45, 7) is 9.11. The van der Waals surface area contributed by atoms with Gasteiger partial charge in [-0.05, 0) is 57.7 Å². The van der Waals surface area contributed by atoms with Crippen molar-refractivity contribution < 1.29 is 0 Å². The van der Waals surface area contributed by atoms with Crippen LogP contribution in [0.3, 0.4) is 0 Å². The van der Waals surface area contributed by atoms with E-state index in [1.165, 1.54) is 23.3 Å². The zero-order valence-corrected chi connectivity index (χ0v) is 17.2. The normalized spacial score (nSPS) is 16.3. The Kier molecular flexibility index (Phi) is 8.71. The van der Waals surface area contributed by atoms with E-state index >= 15 is 0 Å². The average Bonchev–Trinajstić information content (AvgIpc) is 3.24. The van der Waals surface area contributed by atoms with Crippen LogP contribution in [0.25, 0.3) is 0 Å². The highest BCUT2D eigenvalue weighted by atomic mass is 127. The summed E-state index contributed by atoms with van der Waals surface area (Å²) in [6, 6.07) is 3.49. The van der Waals surface area contributed by atoms with Crippen LogP contribution < -0.4 is 10.6 Å². The molecule has 2 rings (SSSR count). The SMILES string of the molecule is CCNC(=NCc1sccc1C)NCC(C)N(C)C1CC1.I. The minimum atomic E-state index is 0. The topological polar surface area (TPSA) is 39.7 Å². The summed E-state index contributed by atoms with van der Waals surface area (Å²) in [6.07, 6.45) is 2.71. The molecular formula is C16H29IN4S. The maximum absolute atomic E-state index is 4.69. The molecule has 2 N–H and O–H groups in total. The maximum atomic E-state index is 4.69. The first-order chi connectivity index (χ1) is 10.1. The van der Waals surface area contributed by atoms with Crippen molar-refractivity contribution in [2.75, 3.05) is 20.1 Å². The van der Waals surface area contributed by atoms with E-state index in [-0.39, 0.29) is 24.0 Å². The predicted molar refractivity (Wildman–Crippen MR) is 108 cm³/mol. The number of guanidine groups is 1. The number of hydrogen-bond acceptors (Lipinski definition) is 3. The van der Waals surface area contributed by atoms with Crippen LogP contribution in [0.2, 0.25) is 0 Å². The molecule has 1 aromatic heterocycles. The van der Waals surface area contributed by atoms with E-state index in [2.05, 4.69) is 54.8 Å². The van der Waals surface area contributed by atoms with E-state index in [9.17, 15) is 0 Å². The van der Waals surface area contributed by atoms with Crippen LogP contribution in [-0.2, 0) is 6.54 Å². The summed E-state index contributed by atoms with van der Waals surface area (Å²) in [5, 5.41) is 8.93. The Balaban J connectivity index is 0.00000242. The lowest BCUT2D eigenvalue weighted by Crippen LogP contribution is -2.45. The Morgan fingerprint density at radius 2 is 2.18 bits per heavy atom. The quantitative estimate of drug-likeness (QED) is 0.392. The van der Waals surface area contributed by atoms with Gasteiger partial charge in [-0.3, -0.25) is 4.90 Å². The minimum Gasteiger partial charge on any atom is -0.357 e. The zero-order chi connectivity index (χ0) is 15.2. The lowest BCUT2D eigenvalue weighted by molar-refractivity contribution is 0.247. The van der Waals surface area contributed by atoms with E-state index < -0.39 is 0 Å². The average molecular weight is 436 g/mol. The van der Waals surface area contributed by atoms with Crippen molar-refractivity contribution in [1.29, 1.82) is 0 Å². The molecule has 22 heavy (non-hydrogen) atoms. The summed E-state index contributed by atoms with van der Waals surface area (Å²) < 4.78 is 0. The van der Waals surface area contributed by atoms with Gasteiger partial charge in [0.25, 0.3) is 0 Å². The van der Waals surface area contributed by atoms with Gasteiger partial charge in [0.2, 0.25) is 0 Å². The first kappa shape index (κ1) is 19.7. The molecule has 0 bridgehead atoms. The van der Waals surface area contributed by atoms with E-state index in [1.54, 1.807) is 11.3 Å². The second kappa shape index (κ2) is 9.72. The molecule has 4 nitrogen and oxygen atoms in total. The number of likely N-dealkylation sites (N-methyl/N-ethyl adjacent to an activating group) is 1. The monoisotopic (exact) mass is 436 g/mol. The van der Waals surface area contributed by atoms with Crippen LogP contribution in [0.1, 0.15) is 37.1 Å². The van der Waals surface area contributed by atoms with Gasteiger partial charge in [-0.2, -0.15) is 0 Å². The van der Waals surface area contributed by atoms with Crippen molar-refractivity contribution in [1.82, 2.24) is 15.5 Å². The van der Waals surface area contributed by atoms with E-state index in [0.29, 0.717) is 6.04 Å². The van der Waals surface area contributed by atoms with E-state index in [4.69, 9.17) is 4.99 Å². The Hall–Kier alpha value is -0.340.